The first-order chi connectivity index (χ1) is 17.6. The Morgan fingerprint density at radius 2 is 1.65 bits per heavy atom. The third-order valence-electron chi connectivity index (χ3n) is 6.34. The van der Waals surface area contributed by atoms with Gasteiger partial charge in [-0.05, 0) is 74.0 Å². The molecule has 0 fully saturated rings. The Kier molecular flexibility index (Phi) is 10.8. The SMILES string of the molecule is CCCCN(CCCC)C(Cc1ccc(OC(F)(F)F)cc1)CN(c1sc2ccccc2c1C)S(=O)[O-]. The molecule has 0 saturated carbocycles. The number of ether oxygens (including phenoxy) is 1. The molecule has 10 heteroatoms. The van der Waals surface area contributed by atoms with Crippen LogP contribution >= 0.6 is 11.3 Å². The largest absolute Gasteiger partial charge is 0.755 e. The van der Waals surface area contributed by atoms with Crippen molar-refractivity contribution in [1.82, 2.24) is 4.90 Å². The highest BCUT2D eigenvalue weighted by atomic mass is 32.2. The van der Waals surface area contributed by atoms with Crippen LogP contribution in [-0.4, -0.2) is 45.7 Å². The summed E-state index contributed by atoms with van der Waals surface area (Å²) in [6.07, 6.45) is -0.294. The van der Waals surface area contributed by atoms with E-state index in [0.29, 0.717) is 11.4 Å². The monoisotopic (exact) mass is 555 g/mol. The lowest BCUT2D eigenvalue weighted by atomic mass is 10.0. The molecule has 0 amide bonds. The van der Waals surface area contributed by atoms with Crippen molar-refractivity contribution < 1.29 is 26.7 Å². The summed E-state index contributed by atoms with van der Waals surface area (Å²) in [5.41, 5.74) is 1.74. The van der Waals surface area contributed by atoms with Crippen LogP contribution in [0.15, 0.2) is 48.5 Å². The maximum atomic E-state index is 12.6. The molecule has 1 heterocycles. The number of unbranched alkanes of at least 4 members (excludes halogenated alkanes) is 2. The van der Waals surface area contributed by atoms with Crippen molar-refractivity contribution >= 4 is 37.7 Å². The molecule has 0 N–H and O–H groups in total. The van der Waals surface area contributed by atoms with Gasteiger partial charge in [0.2, 0.25) is 0 Å². The molecular weight excluding hydrogens is 521 g/mol. The van der Waals surface area contributed by atoms with Crippen molar-refractivity contribution in [2.24, 2.45) is 0 Å². The number of nitrogens with zero attached hydrogens (tertiary/aromatic N) is 2. The summed E-state index contributed by atoms with van der Waals surface area (Å²) in [6.45, 7) is 8.06. The zero-order chi connectivity index (χ0) is 27.0. The van der Waals surface area contributed by atoms with E-state index in [2.05, 4.69) is 23.5 Å². The van der Waals surface area contributed by atoms with Gasteiger partial charge in [-0.1, -0.05) is 57.0 Å². The quantitative estimate of drug-likeness (QED) is 0.197. The molecular formula is C27H34F3N2O3S2-. The fourth-order valence-corrected chi connectivity index (χ4v) is 6.40. The van der Waals surface area contributed by atoms with Crippen molar-refractivity contribution in [3.63, 3.8) is 0 Å². The first-order valence-corrected chi connectivity index (χ1v) is 14.4. The van der Waals surface area contributed by atoms with E-state index >= 15 is 0 Å². The summed E-state index contributed by atoms with van der Waals surface area (Å²) in [7, 11) is 0. The van der Waals surface area contributed by atoms with E-state index in [1.165, 1.54) is 27.8 Å². The van der Waals surface area contributed by atoms with E-state index in [1.54, 1.807) is 12.1 Å². The Morgan fingerprint density at radius 3 is 2.19 bits per heavy atom. The maximum Gasteiger partial charge on any atom is 0.573 e. The van der Waals surface area contributed by atoms with Crippen molar-refractivity contribution in [1.29, 1.82) is 0 Å². The lowest BCUT2D eigenvalue weighted by Crippen LogP contribution is -2.46. The van der Waals surface area contributed by atoms with Gasteiger partial charge in [0.05, 0.1) is 0 Å². The fourth-order valence-electron chi connectivity index (χ4n) is 4.41. The van der Waals surface area contributed by atoms with Crippen LogP contribution in [0.2, 0.25) is 0 Å². The van der Waals surface area contributed by atoms with Crippen LogP contribution in [0.5, 0.6) is 5.75 Å². The third kappa shape index (κ3) is 8.43. The van der Waals surface area contributed by atoms with Crippen LogP contribution in [0.1, 0.15) is 50.7 Å². The van der Waals surface area contributed by atoms with Crippen LogP contribution in [0, 0.1) is 6.92 Å². The van der Waals surface area contributed by atoms with Gasteiger partial charge in [-0.25, -0.2) is 0 Å². The topological polar surface area (TPSA) is 55.8 Å². The van der Waals surface area contributed by atoms with Crippen LogP contribution in [0.25, 0.3) is 10.1 Å². The molecule has 37 heavy (non-hydrogen) atoms. The smallest absolute Gasteiger partial charge is 0.573 e. The number of fused-ring (bicyclic) bond motifs is 1. The molecule has 0 aliphatic carbocycles. The van der Waals surface area contributed by atoms with Crippen molar-refractivity contribution in [2.45, 2.75) is 65.3 Å². The zero-order valence-electron chi connectivity index (χ0n) is 21.4. The average molecular weight is 556 g/mol. The van der Waals surface area contributed by atoms with E-state index < -0.39 is 17.6 Å². The fraction of sp³-hybridized carbons (Fsp3) is 0.481. The maximum absolute atomic E-state index is 12.6. The third-order valence-corrected chi connectivity index (χ3v) is 8.45. The average Bonchev–Trinajstić information content (AvgIpc) is 3.18. The van der Waals surface area contributed by atoms with E-state index in [-0.39, 0.29) is 18.3 Å². The molecule has 2 atom stereocenters. The van der Waals surface area contributed by atoms with Crippen molar-refractivity contribution in [3.8, 4) is 5.75 Å². The van der Waals surface area contributed by atoms with Gasteiger partial charge < -0.3 is 9.29 Å². The number of aryl methyl sites for hydroxylation is 1. The molecule has 0 aliphatic rings. The standard InChI is InChI=1S/C27H35F3N2O3S2/c1-4-6-16-31(17-7-5-2)22(18-21-12-14-23(15-13-21)35-27(28,29)30)19-32(37(33)34)26-20(3)24-10-8-9-11-25(24)36-26/h8-15,22H,4-7,16-19H2,1-3H3,(H,33,34)/p-1. The molecule has 2 aromatic carbocycles. The van der Waals surface area contributed by atoms with Gasteiger partial charge in [0, 0.05) is 28.6 Å². The lowest BCUT2D eigenvalue weighted by molar-refractivity contribution is -0.274. The minimum absolute atomic E-state index is 0.157. The molecule has 1 aromatic heterocycles. The second-order valence-electron chi connectivity index (χ2n) is 9.10. The van der Waals surface area contributed by atoms with Gasteiger partial charge in [-0.15, -0.1) is 24.5 Å². The second-order valence-corrected chi connectivity index (χ2v) is 11.0. The number of rotatable bonds is 14. The molecule has 5 nitrogen and oxygen atoms in total. The number of hydrogen-bond donors (Lipinski definition) is 0. The van der Waals surface area contributed by atoms with Crippen LogP contribution in [0.4, 0.5) is 18.2 Å². The second kappa shape index (κ2) is 13.6. The normalized spacial score (nSPS) is 13.7. The molecule has 0 spiro atoms. The predicted molar refractivity (Wildman–Crippen MR) is 145 cm³/mol. The van der Waals surface area contributed by atoms with Gasteiger partial charge in [-0.3, -0.25) is 13.4 Å². The van der Waals surface area contributed by atoms with Gasteiger partial charge in [0.25, 0.3) is 0 Å². The van der Waals surface area contributed by atoms with Gasteiger partial charge in [0.1, 0.15) is 10.8 Å². The summed E-state index contributed by atoms with van der Waals surface area (Å²) < 4.78 is 69.3. The Balaban J connectivity index is 1.93. The van der Waals surface area contributed by atoms with E-state index in [4.69, 9.17) is 0 Å². The highest BCUT2D eigenvalue weighted by molar-refractivity contribution is 7.81. The van der Waals surface area contributed by atoms with Crippen LogP contribution in [-0.2, 0) is 17.7 Å². The summed E-state index contributed by atoms with van der Waals surface area (Å²) >= 11 is -1.04. The van der Waals surface area contributed by atoms with Crippen LogP contribution in [0.3, 0.4) is 0 Å². The van der Waals surface area contributed by atoms with Gasteiger partial charge in [0.15, 0.2) is 0 Å². The Morgan fingerprint density at radius 1 is 1.03 bits per heavy atom. The minimum Gasteiger partial charge on any atom is -0.755 e. The van der Waals surface area contributed by atoms with Crippen molar-refractivity contribution in [3.05, 3.63) is 59.7 Å². The Hall–Kier alpha value is -2.14. The molecule has 2 unspecified atom stereocenters. The number of benzene rings is 2. The van der Waals surface area contributed by atoms with Crippen LogP contribution < -0.4 is 9.04 Å². The van der Waals surface area contributed by atoms with Crippen molar-refractivity contribution in [2.75, 3.05) is 23.9 Å². The highest BCUT2D eigenvalue weighted by Crippen LogP contribution is 2.38. The summed E-state index contributed by atoms with van der Waals surface area (Å²) in [4.78, 5) is 2.33. The number of alkyl halides is 3. The number of anilines is 1. The summed E-state index contributed by atoms with van der Waals surface area (Å²) in [5.74, 6) is -0.273. The van der Waals surface area contributed by atoms with E-state index in [9.17, 15) is 21.9 Å². The summed E-state index contributed by atoms with van der Waals surface area (Å²) in [5, 5.41) is 1.72. The predicted octanol–water partition coefficient (Wildman–Crippen LogP) is 7.22. The van der Waals surface area contributed by atoms with E-state index in [0.717, 1.165) is 60.0 Å². The molecule has 0 radical (unpaired) electrons. The molecule has 204 valence electrons. The zero-order valence-corrected chi connectivity index (χ0v) is 23.1. The lowest BCUT2D eigenvalue weighted by Gasteiger charge is -2.37. The number of thiophene rings is 1. The van der Waals surface area contributed by atoms with Gasteiger partial charge >= 0.3 is 6.36 Å². The molecule has 0 bridgehead atoms. The molecule has 0 aliphatic heterocycles. The Labute approximate surface area is 223 Å². The first kappa shape index (κ1) is 29.4. The minimum atomic E-state index is -4.75. The Bertz CT molecular complexity index is 1140. The van der Waals surface area contributed by atoms with Gasteiger partial charge in [-0.2, -0.15) is 0 Å². The van der Waals surface area contributed by atoms with E-state index in [1.807, 2.05) is 31.2 Å². The molecule has 0 saturated heterocycles. The first-order valence-electron chi connectivity index (χ1n) is 12.6. The number of halogens is 3. The number of hydrogen-bond acceptors (Lipinski definition) is 5. The molecule has 3 aromatic rings. The highest BCUT2D eigenvalue weighted by Gasteiger charge is 2.31. The summed E-state index contributed by atoms with van der Waals surface area (Å²) in [6, 6.07) is 13.6. The molecule has 3 rings (SSSR count).